The Morgan fingerprint density at radius 3 is 2.56 bits per heavy atom. The summed E-state index contributed by atoms with van der Waals surface area (Å²) in [6.07, 6.45) is 1.03. The molecule has 18 heavy (non-hydrogen) atoms. The summed E-state index contributed by atoms with van der Waals surface area (Å²) in [5.74, 6) is 0. The molecule has 0 fully saturated rings. The molecule has 0 amide bonds. The van der Waals surface area contributed by atoms with E-state index in [1.165, 1.54) is 0 Å². The minimum absolute atomic E-state index is 0.0852. The van der Waals surface area contributed by atoms with Crippen molar-refractivity contribution in [2.75, 3.05) is 7.05 Å². The molecule has 0 bridgehead atoms. The van der Waals surface area contributed by atoms with Crippen LogP contribution in [0, 0.1) is 10.1 Å². The van der Waals surface area contributed by atoms with Crippen molar-refractivity contribution in [3.8, 4) is 0 Å². The van der Waals surface area contributed by atoms with Crippen LogP contribution < -0.4 is 0 Å². The molecule has 0 aromatic heterocycles. The van der Waals surface area contributed by atoms with E-state index in [1.54, 1.807) is 12.1 Å². The third-order valence-electron chi connectivity index (χ3n) is 3.53. The van der Waals surface area contributed by atoms with E-state index in [4.69, 9.17) is 0 Å². The van der Waals surface area contributed by atoms with E-state index in [0.29, 0.717) is 11.0 Å². The van der Waals surface area contributed by atoms with Gasteiger partial charge in [-0.3, -0.25) is 15.0 Å². The van der Waals surface area contributed by atoms with Crippen LogP contribution in [-0.2, 0) is 6.54 Å². The molecule has 5 heteroatoms. The number of benzene rings is 1. The molecule has 0 aliphatic carbocycles. The zero-order valence-corrected chi connectivity index (χ0v) is 12.8. The smallest absolute Gasteiger partial charge is 0.283 e. The zero-order valence-electron chi connectivity index (χ0n) is 11.2. The highest BCUT2D eigenvalue weighted by atomic mass is 79.9. The Labute approximate surface area is 116 Å². The summed E-state index contributed by atoms with van der Waals surface area (Å²) < 4.78 is 0.522. The largest absolute Gasteiger partial charge is 0.297 e. The first-order valence-corrected chi connectivity index (χ1v) is 6.71. The summed E-state index contributed by atoms with van der Waals surface area (Å²) in [7, 11) is 2.04. The van der Waals surface area contributed by atoms with Gasteiger partial charge in [-0.15, -0.1) is 0 Å². The van der Waals surface area contributed by atoms with E-state index in [-0.39, 0.29) is 16.1 Å². The van der Waals surface area contributed by atoms with Crippen molar-refractivity contribution in [1.29, 1.82) is 0 Å². The maximum Gasteiger partial charge on any atom is 0.283 e. The summed E-state index contributed by atoms with van der Waals surface area (Å²) in [5, 5.41) is 10.9. The molecule has 0 spiro atoms. The fraction of sp³-hybridized carbons (Fsp3) is 0.538. The second-order valence-corrected chi connectivity index (χ2v) is 5.92. The van der Waals surface area contributed by atoms with Gasteiger partial charge in [0.15, 0.2) is 0 Å². The molecule has 100 valence electrons. The Bertz CT molecular complexity index is 447. The molecule has 0 unspecified atom stereocenters. The molecule has 0 aliphatic heterocycles. The summed E-state index contributed by atoms with van der Waals surface area (Å²) in [5.41, 5.74) is 1.16. The lowest BCUT2D eigenvalue weighted by molar-refractivity contribution is -0.385. The van der Waals surface area contributed by atoms with Crippen molar-refractivity contribution in [3.63, 3.8) is 0 Å². The minimum Gasteiger partial charge on any atom is -0.297 e. The van der Waals surface area contributed by atoms with Gasteiger partial charge in [0.1, 0.15) is 0 Å². The van der Waals surface area contributed by atoms with E-state index in [1.807, 2.05) is 13.1 Å². The van der Waals surface area contributed by atoms with Crippen molar-refractivity contribution >= 4 is 21.6 Å². The first-order valence-electron chi connectivity index (χ1n) is 5.92. The van der Waals surface area contributed by atoms with Crippen LogP contribution in [0.15, 0.2) is 22.7 Å². The molecular weight excluding hydrogens is 296 g/mol. The fourth-order valence-electron chi connectivity index (χ4n) is 1.55. The Balaban J connectivity index is 2.93. The van der Waals surface area contributed by atoms with Crippen LogP contribution in [0.1, 0.15) is 32.8 Å². The third-order valence-corrected chi connectivity index (χ3v) is 4.20. The predicted octanol–water partition coefficient (Wildman–Crippen LogP) is 3.98. The summed E-state index contributed by atoms with van der Waals surface area (Å²) in [6, 6.07) is 5.28. The van der Waals surface area contributed by atoms with Crippen LogP contribution >= 0.6 is 15.9 Å². The van der Waals surface area contributed by atoms with Crippen molar-refractivity contribution in [2.24, 2.45) is 0 Å². The maximum atomic E-state index is 10.9. The van der Waals surface area contributed by atoms with Crippen molar-refractivity contribution in [1.82, 2.24) is 4.90 Å². The highest BCUT2D eigenvalue weighted by molar-refractivity contribution is 9.10. The number of nitro groups is 1. The fourth-order valence-corrected chi connectivity index (χ4v) is 1.95. The highest BCUT2D eigenvalue weighted by Gasteiger charge is 2.22. The molecule has 0 saturated heterocycles. The first kappa shape index (κ1) is 15.1. The van der Waals surface area contributed by atoms with E-state index in [9.17, 15) is 10.1 Å². The Morgan fingerprint density at radius 2 is 2.06 bits per heavy atom. The lowest BCUT2D eigenvalue weighted by atomic mass is 9.99. The van der Waals surface area contributed by atoms with E-state index in [0.717, 1.165) is 12.0 Å². The SMILES string of the molecule is CCC(C)(C)N(C)Cc1ccc(Br)c([N+](=O)[O-])c1. The number of nitro benzene ring substituents is 1. The normalized spacial score (nSPS) is 11.9. The highest BCUT2D eigenvalue weighted by Crippen LogP contribution is 2.27. The van der Waals surface area contributed by atoms with E-state index >= 15 is 0 Å². The van der Waals surface area contributed by atoms with Crippen LogP contribution in [0.3, 0.4) is 0 Å². The number of halogens is 1. The Morgan fingerprint density at radius 1 is 1.44 bits per heavy atom. The van der Waals surface area contributed by atoms with Gasteiger partial charge in [0, 0.05) is 18.2 Å². The average Bonchev–Trinajstić information content (AvgIpc) is 2.31. The summed E-state index contributed by atoms with van der Waals surface area (Å²) >= 11 is 3.20. The molecule has 1 rings (SSSR count). The van der Waals surface area contributed by atoms with Gasteiger partial charge in [-0.05, 0) is 54.9 Å². The van der Waals surface area contributed by atoms with Crippen LogP contribution in [0.4, 0.5) is 5.69 Å². The lowest BCUT2D eigenvalue weighted by Crippen LogP contribution is -2.39. The van der Waals surface area contributed by atoms with Crippen molar-refractivity contribution < 1.29 is 4.92 Å². The van der Waals surface area contributed by atoms with Crippen LogP contribution in [0.5, 0.6) is 0 Å². The average molecular weight is 315 g/mol. The lowest BCUT2D eigenvalue weighted by Gasteiger charge is -2.34. The second kappa shape index (κ2) is 5.80. The van der Waals surface area contributed by atoms with E-state index in [2.05, 4.69) is 41.6 Å². The van der Waals surface area contributed by atoms with Gasteiger partial charge in [0.2, 0.25) is 0 Å². The Kier molecular flexibility index (Phi) is 4.87. The number of rotatable bonds is 5. The van der Waals surface area contributed by atoms with Crippen LogP contribution in [-0.4, -0.2) is 22.4 Å². The molecule has 0 aliphatic rings. The molecule has 0 radical (unpaired) electrons. The summed E-state index contributed by atoms with van der Waals surface area (Å²) in [6.45, 7) is 7.18. The van der Waals surface area contributed by atoms with Gasteiger partial charge in [0.25, 0.3) is 5.69 Å². The topological polar surface area (TPSA) is 46.4 Å². The zero-order chi connectivity index (χ0) is 13.9. The molecule has 4 nitrogen and oxygen atoms in total. The molecule has 0 N–H and O–H groups in total. The second-order valence-electron chi connectivity index (χ2n) is 5.06. The van der Waals surface area contributed by atoms with Gasteiger partial charge in [-0.2, -0.15) is 0 Å². The number of nitrogens with zero attached hydrogens (tertiary/aromatic N) is 2. The molecule has 0 saturated carbocycles. The number of hydrogen-bond acceptors (Lipinski definition) is 3. The van der Waals surface area contributed by atoms with Crippen molar-refractivity contribution in [2.45, 2.75) is 39.3 Å². The molecular formula is C13H19BrN2O2. The van der Waals surface area contributed by atoms with Crippen molar-refractivity contribution in [3.05, 3.63) is 38.3 Å². The minimum atomic E-state index is -0.363. The van der Waals surface area contributed by atoms with Gasteiger partial charge in [-0.25, -0.2) is 0 Å². The van der Waals surface area contributed by atoms with E-state index < -0.39 is 0 Å². The van der Waals surface area contributed by atoms with Gasteiger partial charge < -0.3 is 0 Å². The third kappa shape index (κ3) is 3.53. The molecule has 1 aromatic rings. The number of hydrogen-bond donors (Lipinski definition) is 0. The van der Waals surface area contributed by atoms with Crippen LogP contribution in [0.25, 0.3) is 0 Å². The predicted molar refractivity (Wildman–Crippen MR) is 76.6 cm³/mol. The molecule has 0 atom stereocenters. The maximum absolute atomic E-state index is 10.9. The van der Waals surface area contributed by atoms with Gasteiger partial charge >= 0.3 is 0 Å². The summed E-state index contributed by atoms with van der Waals surface area (Å²) in [4.78, 5) is 12.7. The molecule has 1 aromatic carbocycles. The van der Waals surface area contributed by atoms with Crippen LogP contribution in [0.2, 0.25) is 0 Å². The van der Waals surface area contributed by atoms with Gasteiger partial charge in [-0.1, -0.05) is 13.0 Å². The van der Waals surface area contributed by atoms with Gasteiger partial charge in [0.05, 0.1) is 9.40 Å². The first-order chi connectivity index (χ1) is 8.27. The monoisotopic (exact) mass is 314 g/mol. The Hall–Kier alpha value is -0.940. The molecule has 0 heterocycles. The standard InChI is InChI=1S/C13H19BrN2O2/c1-5-13(2,3)15(4)9-10-6-7-11(14)12(8-10)16(17)18/h6-8H,5,9H2,1-4H3. The quantitative estimate of drug-likeness (QED) is 0.610.